The van der Waals surface area contributed by atoms with E-state index in [9.17, 15) is 10.1 Å². The number of nitro benzene ring substituents is 1. The molecule has 1 heterocycles. The van der Waals surface area contributed by atoms with Crippen LogP contribution in [0, 0.1) is 16.0 Å². The first kappa shape index (κ1) is 15.6. The van der Waals surface area contributed by atoms with Gasteiger partial charge >= 0.3 is 5.69 Å². The summed E-state index contributed by atoms with van der Waals surface area (Å²) in [5.74, 6) is 0.558. The number of hydrogen-bond acceptors (Lipinski definition) is 5. The third-order valence-electron chi connectivity index (χ3n) is 3.92. The van der Waals surface area contributed by atoms with Gasteiger partial charge in [0.15, 0.2) is 0 Å². The normalized spacial score (nSPS) is 16.0. The molecule has 0 bridgehead atoms. The standard InChI is InChI=1S/C15H23N3O3/c1-3-16-13-5-4-6-14(15(13)18(19)20)17-9-7-12(8-10-17)11-21-2/h4-6,12,16H,3,7-11H2,1-2H3. The number of nitrogens with zero attached hydrogens (tertiary/aromatic N) is 2. The molecule has 0 aliphatic carbocycles. The second kappa shape index (κ2) is 7.26. The summed E-state index contributed by atoms with van der Waals surface area (Å²) >= 11 is 0. The zero-order valence-corrected chi connectivity index (χ0v) is 12.7. The Hall–Kier alpha value is -1.82. The zero-order chi connectivity index (χ0) is 15.2. The first-order valence-corrected chi connectivity index (χ1v) is 7.42. The summed E-state index contributed by atoms with van der Waals surface area (Å²) in [5, 5.41) is 14.5. The maximum atomic E-state index is 11.4. The van der Waals surface area contributed by atoms with Gasteiger partial charge in [-0.05, 0) is 37.8 Å². The van der Waals surface area contributed by atoms with E-state index in [1.807, 2.05) is 19.1 Å². The number of methoxy groups -OCH3 is 1. The molecule has 6 heteroatoms. The van der Waals surface area contributed by atoms with Gasteiger partial charge < -0.3 is 15.0 Å². The molecule has 21 heavy (non-hydrogen) atoms. The first-order chi connectivity index (χ1) is 10.2. The third-order valence-corrected chi connectivity index (χ3v) is 3.92. The molecule has 1 saturated heterocycles. The van der Waals surface area contributed by atoms with Gasteiger partial charge in [0, 0.05) is 33.4 Å². The molecule has 1 fully saturated rings. The van der Waals surface area contributed by atoms with Crippen LogP contribution in [0.5, 0.6) is 0 Å². The Morgan fingerprint density at radius 1 is 1.43 bits per heavy atom. The van der Waals surface area contributed by atoms with Crippen molar-refractivity contribution >= 4 is 17.1 Å². The summed E-state index contributed by atoms with van der Waals surface area (Å²) in [5.41, 5.74) is 1.50. The Bertz CT molecular complexity index is 485. The number of rotatable bonds is 6. The van der Waals surface area contributed by atoms with Crippen molar-refractivity contribution in [3.63, 3.8) is 0 Å². The van der Waals surface area contributed by atoms with Crippen LogP contribution in [0.25, 0.3) is 0 Å². The molecule has 0 spiro atoms. The second-order valence-electron chi connectivity index (χ2n) is 5.35. The molecular weight excluding hydrogens is 270 g/mol. The van der Waals surface area contributed by atoms with Gasteiger partial charge in [0.25, 0.3) is 0 Å². The van der Waals surface area contributed by atoms with Crippen molar-refractivity contribution in [1.82, 2.24) is 0 Å². The van der Waals surface area contributed by atoms with Crippen molar-refractivity contribution in [2.24, 2.45) is 5.92 Å². The lowest BCUT2D eigenvalue weighted by Gasteiger charge is -2.33. The third kappa shape index (κ3) is 3.64. The lowest BCUT2D eigenvalue weighted by atomic mass is 9.97. The molecule has 0 aromatic heterocycles. The minimum absolute atomic E-state index is 0.185. The van der Waals surface area contributed by atoms with Crippen molar-refractivity contribution in [1.29, 1.82) is 0 Å². The molecule has 1 aliphatic rings. The van der Waals surface area contributed by atoms with Crippen LogP contribution in [0.2, 0.25) is 0 Å². The maximum absolute atomic E-state index is 11.4. The molecule has 1 N–H and O–H groups in total. The fraction of sp³-hybridized carbons (Fsp3) is 0.600. The number of para-hydroxylation sites is 1. The van der Waals surface area contributed by atoms with Crippen LogP contribution in [-0.2, 0) is 4.74 Å². The summed E-state index contributed by atoms with van der Waals surface area (Å²) in [6.07, 6.45) is 2.02. The van der Waals surface area contributed by atoms with E-state index >= 15 is 0 Å². The van der Waals surface area contributed by atoms with Crippen molar-refractivity contribution in [2.75, 3.05) is 43.6 Å². The topological polar surface area (TPSA) is 67.6 Å². The molecular formula is C15H23N3O3. The van der Waals surface area contributed by atoms with Gasteiger partial charge in [-0.2, -0.15) is 0 Å². The molecule has 1 aliphatic heterocycles. The molecule has 2 rings (SSSR count). The Kier molecular flexibility index (Phi) is 5.38. The van der Waals surface area contributed by atoms with E-state index in [0.29, 0.717) is 23.8 Å². The monoisotopic (exact) mass is 293 g/mol. The van der Waals surface area contributed by atoms with Gasteiger partial charge in [-0.3, -0.25) is 10.1 Å². The molecule has 0 amide bonds. The van der Waals surface area contributed by atoms with Gasteiger partial charge in [-0.25, -0.2) is 0 Å². The number of piperidine rings is 1. The number of benzene rings is 1. The van der Waals surface area contributed by atoms with Crippen molar-refractivity contribution in [2.45, 2.75) is 19.8 Å². The summed E-state index contributed by atoms with van der Waals surface area (Å²) in [4.78, 5) is 13.3. The largest absolute Gasteiger partial charge is 0.384 e. The van der Waals surface area contributed by atoms with Crippen LogP contribution < -0.4 is 10.2 Å². The van der Waals surface area contributed by atoms with Gasteiger partial charge in [0.1, 0.15) is 11.4 Å². The van der Waals surface area contributed by atoms with Crippen LogP contribution >= 0.6 is 0 Å². The highest BCUT2D eigenvalue weighted by molar-refractivity contribution is 5.77. The summed E-state index contributed by atoms with van der Waals surface area (Å²) in [6.45, 7) is 5.05. The van der Waals surface area contributed by atoms with Crippen LogP contribution in [0.15, 0.2) is 18.2 Å². The second-order valence-corrected chi connectivity index (χ2v) is 5.35. The van der Waals surface area contributed by atoms with Crippen LogP contribution in [0.4, 0.5) is 17.1 Å². The Morgan fingerprint density at radius 2 is 2.14 bits per heavy atom. The average Bonchev–Trinajstić information content (AvgIpc) is 2.48. The van der Waals surface area contributed by atoms with Crippen LogP contribution in [0.3, 0.4) is 0 Å². The average molecular weight is 293 g/mol. The first-order valence-electron chi connectivity index (χ1n) is 7.42. The highest BCUT2D eigenvalue weighted by Crippen LogP contribution is 2.37. The quantitative estimate of drug-likeness (QED) is 0.645. The van der Waals surface area contributed by atoms with Gasteiger partial charge in [0.05, 0.1) is 4.92 Å². The number of ether oxygens (including phenoxy) is 1. The molecule has 0 unspecified atom stereocenters. The summed E-state index contributed by atoms with van der Waals surface area (Å²) < 4.78 is 5.20. The lowest BCUT2D eigenvalue weighted by Crippen LogP contribution is -2.35. The van der Waals surface area contributed by atoms with Crippen molar-refractivity contribution in [3.05, 3.63) is 28.3 Å². The Morgan fingerprint density at radius 3 is 2.71 bits per heavy atom. The molecule has 0 radical (unpaired) electrons. The van der Waals surface area contributed by atoms with E-state index in [1.54, 1.807) is 13.2 Å². The minimum Gasteiger partial charge on any atom is -0.384 e. The zero-order valence-electron chi connectivity index (χ0n) is 12.7. The highest BCUT2D eigenvalue weighted by Gasteiger charge is 2.27. The highest BCUT2D eigenvalue weighted by atomic mass is 16.6. The van der Waals surface area contributed by atoms with E-state index < -0.39 is 0 Å². The molecule has 1 aromatic rings. The summed E-state index contributed by atoms with van der Waals surface area (Å²) in [6, 6.07) is 5.49. The fourth-order valence-electron chi connectivity index (χ4n) is 2.89. The van der Waals surface area contributed by atoms with E-state index in [4.69, 9.17) is 4.74 Å². The molecule has 0 saturated carbocycles. The van der Waals surface area contributed by atoms with E-state index in [1.165, 1.54) is 0 Å². The maximum Gasteiger partial charge on any atom is 0.315 e. The minimum atomic E-state index is -0.283. The molecule has 6 nitrogen and oxygen atoms in total. The van der Waals surface area contributed by atoms with Crippen LogP contribution in [-0.4, -0.2) is 38.3 Å². The van der Waals surface area contributed by atoms with E-state index in [-0.39, 0.29) is 10.6 Å². The van der Waals surface area contributed by atoms with Crippen molar-refractivity contribution in [3.8, 4) is 0 Å². The SMILES string of the molecule is CCNc1cccc(N2CCC(COC)CC2)c1[N+](=O)[O-]. The fourth-order valence-corrected chi connectivity index (χ4v) is 2.89. The smallest absolute Gasteiger partial charge is 0.315 e. The number of hydrogen-bond donors (Lipinski definition) is 1. The van der Waals surface area contributed by atoms with Crippen LogP contribution in [0.1, 0.15) is 19.8 Å². The Labute approximate surface area is 125 Å². The van der Waals surface area contributed by atoms with Crippen molar-refractivity contribution < 1.29 is 9.66 Å². The predicted molar refractivity (Wildman–Crippen MR) is 84.1 cm³/mol. The van der Waals surface area contributed by atoms with Gasteiger partial charge in [0.2, 0.25) is 0 Å². The number of anilines is 2. The lowest BCUT2D eigenvalue weighted by molar-refractivity contribution is -0.383. The summed E-state index contributed by atoms with van der Waals surface area (Å²) in [7, 11) is 1.72. The molecule has 116 valence electrons. The Balaban J connectivity index is 2.20. The predicted octanol–water partition coefficient (Wildman–Crippen LogP) is 2.89. The van der Waals surface area contributed by atoms with Gasteiger partial charge in [-0.15, -0.1) is 0 Å². The van der Waals surface area contributed by atoms with Gasteiger partial charge in [-0.1, -0.05) is 6.07 Å². The molecule has 1 aromatic carbocycles. The van der Waals surface area contributed by atoms with E-state index in [0.717, 1.165) is 32.5 Å². The molecule has 0 atom stereocenters. The number of nitrogens with one attached hydrogen (secondary N) is 1. The van der Waals surface area contributed by atoms with E-state index in [2.05, 4.69) is 10.2 Å². The number of nitro groups is 1.